The van der Waals surface area contributed by atoms with Gasteiger partial charge in [-0.25, -0.2) is 9.18 Å². The molecule has 136 valence electrons. The third-order valence-electron chi connectivity index (χ3n) is 4.10. The summed E-state index contributed by atoms with van der Waals surface area (Å²) in [7, 11) is 1.55. The standard InChI is InChI=1S/C19H19FN2O4/c1-12(23)21-10-16-11-22(19(24)26-16)14-6-7-17(18(20)9-14)13-4-3-5-15(8-13)25-2/h3-9,16H,10-11H2,1-2H3,(H,21,23)/t16-/m0/s1. The zero-order valence-corrected chi connectivity index (χ0v) is 14.5. The van der Waals surface area contributed by atoms with E-state index in [9.17, 15) is 14.0 Å². The number of amides is 2. The molecule has 26 heavy (non-hydrogen) atoms. The number of hydrogen-bond donors (Lipinski definition) is 1. The lowest BCUT2D eigenvalue weighted by molar-refractivity contribution is -0.119. The molecule has 7 heteroatoms. The van der Waals surface area contributed by atoms with E-state index in [1.165, 1.54) is 17.9 Å². The van der Waals surface area contributed by atoms with Crippen molar-refractivity contribution >= 4 is 17.7 Å². The Bertz CT molecular complexity index is 840. The van der Waals surface area contributed by atoms with Gasteiger partial charge in [0.1, 0.15) is 17.7 Å². The second kappa shape index (κ2) is 7.43. The number of hydrogen-bond acceptors (Lipinski definition) is 4. The zero-order chi connectivity index (χ0) is 18.7. The summed E-state index contributed by atoms with van der Waals surface area (Å²) in [5.41, 5.74) is 1.50. The van der Waals surface area contributed by atoms with Crippen LogP contribution in [0, 0.1) is 5.82 Å². The van der Waals surface area contributed by atoms with Gasteiger partial charge in [0.2, 0.25) is 5.91 Å². The van der Waals surface area contributed by atoms with E-state index in [1.807, 2.05) is 0 Å². The van der Waals surface area contributed by atoms with Crippen LogP contribution in [0.4, 0.5) is 14.9 Å². The van der Waals surface area contributed by atoms with Crippen molar-refractivity contribution in [3.63, 3.8) is 0 Å². The number of rotatable bonds is 5. The average molecular weight is 358 g/mol. The quantitative estimate of drug-likeness (QED) is 0.892. The van der Waals surface area contributed by atoms with Gasteiger partial charge in [0.15, 0.2) is 0 Å². The monoisotopic (exact) mass is 358 g/mol. The second-order valence-corrected chi connectivity index (χ2v) is 5.95. The molecule has 1 heterocycles. The minimum atomic E-state index is -0.561. The third kappa shape index (κ3) is 3.77. The molecular weight excluding hydrogens is 339 g/mol. The minimum absolute atomic E-state index is 0.201. The zero-order valence-electron chi connectivity index (χ0n) is 14.5. The van der Waals surface area contributed by atoms with Gasteiger partial charge in [0.25, 0.3) is 0 Å². The Morgan fingerprint density at radius 3 is 2.85 bits per heavy atom. The highest BCUT2D eigenvalue weighted by molar-refractivity contribution is 5.90. The summed E-state index contributed by atoms with van der Waals surface area (Å²) < 4.78 is 25.0. The topological polar surface area (TPSA) is 67.9 Å². The van der Waals surface area contributed by atoms with E-state index in [1.54, 1.807) is 43.5 Å². The second-order valence-electron chi connectivity index (χ2n) is 5.95. The Morgan fingerprint density at radius 1 is 1.35 bits per heavy atom. The largest absolute Gasteiger partial charge is 0.497 e. The van der Waals surface area contributed by atoms with Crippen LogP contribution in [-0.2, 0) is 9.53 Å². The molecule has 1 saturated heterocycles. The Balaban J connectivity index is 1.79. The smallest absolute Gasteiger partial charge is 0.414 e. The van der Waals surface area contributed by atoms with E-state index in [0.717, 1.165) is 0 Å². The number of ether oxygens (including phenoxy) is 2. The Hall–Kier alpha value is -3.09. The van der Waals surface area contributed by atoms with Gasteiger partial charge in [-0.2, -0.15) is 0 Å². The van der Waals surface area contributed by atoms with E-state index in [-0.39, 0.29) is 19.0 Å². The molecule has 2 amide bonds. The molecular formula is C19H19FN2O4. The molecule has 1 fully saturated rings. The summed E-state index contributed by atoms with van der Waals surface area (Å²) in [5, 5.41) is 2.60. The van der Waals surface area contributed by atoms with Crippen LogP contribution < -0.4 is 15.0 Å². The van der Waals surface area contributed by atoms with Crippen molar-refractivity contribution in [1.29, 1.82) is 0 Å². The van der Waals surface area contributed by atoms with Crippen LogP contribution in [0.1, 0.15) is 6.92 Å². The fourth-order valence-electron chi connectivity index (χ4n) is 2.79. The van der Waals surface area contributed by atoms with Gasteiger partial charge in [-0.3, -0.25) is 9.69 Å². The lowest BCUT2D eigenvalue weighted by atomic mass is 10.0. The summed E-state index contributed by atoms with van der Waals surface area (Å²) in [6, 6.07) is 11.7. The third-order valence-corrected chi connectivity index (χ3v) is 4.10. The number of halogens is 1. The molecule has 1 aliphatic rings. The van der Waals surface area contributed by atoms with Crippen molar-refractivity contribution in [2.75, 3.05) is 25.1 Å². The van der Waals surface area contributed by atoms with Crippen LogP contribution in [0.15, 0.2) is 42.5 Å². The predicted molar refractivity (Wildman–Crippen MR) is 94.7 cm³/mol. The molecule has 0 unspecified atom stereocenters. The molecule has 1 atom stereocenters. The number of benzene rings is 2. The highest BCUT2D eigenvalue weighted by Gasteiger charge is 2.32. The van der Waals surface area contributed by atoms with Crippen molar-refractivity contribution in [1.82, 2.24) is 5.32 Å². The number of methoxy groups -OCH3 is 1. The molecule has 0 aliphatic carbocycles. The summed E-state index contributed by atoms with van der Waals surface area (Å²) in [6.45, 7) is 1.86. The van der Waals surface area contributed by atoms with E-state index in [4.69, 9.17) is 9.47 Å². The average Bonchev–Trinajstić information content (AvgIpc) is 3.00. The highest BCUT2D eigenvalue weighted by atomic mass is 19.1. The lowest BCUT2D eigenvalue weighted by Gasteiger charge is -2.15. The number of carbonyl (C=O) groups is 2. The SMILES string of the molecule is COc1cccc(-c2ccc(N3C[C@H](CNC(C)=O)OC3=O)cc2F)c1. The van der Waals surface area contributed by atoms with Gasteiger partial charge in [0.05, 0.1) is 25.9 Å². The van der Waals surface area contributed by atoms with Crippen molar-refractivity contribution in [3.05, 3.63) is 48.3 Å². The number of nitrogens with one attached hydrogen (secondary N) is 1. The van der Waals surface area contributed by atoms with E-state index in [2.05, 4.69) is 5.32 Å². The molecule has 6 nitrogen and oxygen atoms in total. The number of nitrogens with zero attached hydrogens (tertiary/aromatic N) is 1. The maximum atomic E-state index is 14.6. The van der Waals surface area contributed by atoms with Crippen molar-refractivity contribution in [3.8, 4) is 16.9 Å². The van der Waals surface area contributed by atoms with E-state index in [0.29, 0.717) is 22.6 Å². The molecule has 0 bridgehead atoms. The molecule has 0 radical (unpaired) electrons. The van der Waals surface area contributed by atoms with Crippen LogP contribution >= 0.6 is 0 Å². The van der Waals surface area contributed by atoms with Crippen LogP contribution in [-0.4, -0.2) is 38.3 Å². The normalized spacial score (nSPS) is 16.3. The van der Waals surface area contributed by atoms with Gasteiger partial charge >= 0.3 is 6.09 Å². The van der Waals surface area contributed by atoms with Gasteiger partial charge in [-0.1, -0.05) is 12.1 Å². The van der Waals surface area contributed by atoms with Crippen molar-refractivity contribution < 1.29 is 23.5 Å². The first-order valence-corrected chi connectivity index (χ1v) is 8.14. The van der Waals surface area contributed by atoms with Gasteiger partial charge in [0, 0.05) is 12.5 Å². The molecule has 2 aromatic rings. The molecule has 0 aromatic heterocycles. The number of cyclic esters (lactones) is 1. The molecule has 1 aliphatic heterocycles. The molecule has 0 saturated carbocycles. The fourth-order valence-corrected chi connectivity index (χ4v) is 2.79. The van der Waals surface area contributed by atoms with Gasteiger partial charge in [-0.15, -0.1) is 0 Å². The maximum absolute atomic E-state index is 14.6. The number of carbonyl (C=O) groups excluding carboxylic acids is 2. The molecule has 1 N–H and O–H groups in total. The van der Waals surface area contributed by atoms with Crippen LogP contribution in [0.5, 0.6) is 5.75 Å². The molecule has 3 rings (SSSR count). The minimum Gasteiger partial charge on any atom is -0.497 e. The highest BCUT2D eigenvalue weighted by Crippen LogP contribution is 2.30. The Morgan fingerprint density at radius 2 is 2.15 bits per heavy atom. The van der Waals surface area contributed by atoms with Gasteiger partial charge in [-0.05, 0) is 35.9 Å². The van der Waals surface area contributed by atoms with E-state index >= 15 is 0 Å². The summed E-state index contributed by atoms with van der Waals surface area (Å²) in [5.74, 6) is -0.0167. The van der Waals surface area contributed by atoms with E-state index < -0.39 is 18.0 Å². The van der Waals surface area contributed by atoms with Crippen molar-refractivity contribution in [2.24, 2.45) is 0 Å². The van der Waals surface area contributed by atoms with Crippen LogP contribution in [0.3, 0.4) is 0 Å². The van der Waals surface area contributed by atoms with Crippen LogP contribution in [0.2, 0.25) is 0 Å². The Labute approximate surface area is 150 Å². The lowest BCUT2D eigenvalue weighted by Crippen LogP contribution is -2.33. The fraction of sp³-hybridized carbons (Fsp3) is 0.263. The summed E-state index contributed by atoms with van der Waals surface area (Å²) in [4.78, 5) is 24.4. The Kier molecular flexibility index (Phi) is 5.06. The number of anilines is 1. The maximum Gasteiger partial charge on any atom is 0.414 e. The first-order valence-electron chi connectivity index (χ1n) is 8.14. The van der Waals surface area contributed by atoms with Gasteiger partial charge < -0.3 is 14.8 Å². The first kappa shape index (κ1) is 17.7. The predicted octanol–water partition coefficient (Wildman–Crippen LogP) is 2.96. The first-order chi connectivity index (χ1) is 12.5. The summed E-state index contributed by atoms with van der Waals surface area (Å²) in [6.07, 6.45) is -1.03. The molecule has 0 spiro atoms. The van der Waals surface area contributed by atoms with Crippen molar-refractivity contribution in [2.45, 2.75) is 13.0 Å². The van der Waals surface area contributed by atoms with Crippen LogP contribution in [0.25, 0.3) is 11.1 Å². The molecule has 2 aromatic carbocycles. The summed E-state index contributed by atoms with van der Waals surface area (Å²) >= 11 is 0.